The number of carbonyl (C=O) groups is 1. The predicted molar refractivity (Wildman–Crippen MR) is 55.0 cm³/mol. The molecule has 5 heteroatoms. The fourth-order valence-electron chi connectivity index (χ4n) is 1.54. The van der Waals surface area contributed by atoms with Crippen LogP contribution in [0.15, 0.2) is 11.6 Å². The van der Waals surface area contributed by atoms with Crippen LogP contribution >= 0.6 is 11.3 Å². The molecular weight excluding hydrogens is 198 g/mol. The van der Waals surface area contributed by atoms with Crippen LogP contribution in [0.1, 0.15) is 11.9 Å². The summed E-state index contributed by atoms with van der Waals surface area (Å²) in [5.74, 6) is 0.173. The van der Waals surface area contributed by atoms with E-state index in [1.54, 1.807) is 17.5 Å². The predicted octanol–water partition coefficient (Wildman–Crippen LogP) is 0.463. The molecule has 1 unspecified atom stereocenters. The number of carbonyl (C=O) groups excluding carboxylic acids is 1. The van der Waals surface area contributed by atoms with Crippen molar-refractivity contribution in [3.63, 3.8) is 0 Å². The average Bonchev–Trinajstić information content (AvgIpc) is 2.66. The van der Waals surface area contributed by atoms with E-state index in [1.807, 2.05) is 17.2 Å². The first-order chi connectivity index (χ1) is 6.77. The van der Waals surface area contributed by atoms with Crippen molar-refractivity contribution < 1.29 is 4.79 Å². The molecule has 0 radical (unpaired) electrons. The van der Waals surface area contributed by atoms with Gasteiger partial charge in [0.1, 0.15) is 5.01 Å². The van der Waals surface area contributed by atoms with E-state index in [1.165, 1.54) is 0 Å². The summed E-state index contributed by atoms with van der Waals surface area (Å²) in [7, 11) is 0. The maximum atomic E-state index is 11.7. The molecule has 14 heavy (non-hydrogen) atoms. The van der Waals surface area contributed by atoms with Gasteiger partial charge in [0.15, 0.2) is 0 Å². The zero-order valence-electron chi connectivity index (χ0n) is 8.06. The van der Waals surface area contributed by atoms with Crippen LogP contribution < -0.4 is 5.32 Å². The molecule has 1 amide bonds. The monoisotopic (exact) mass is 211 g/mol. The summed E-state index contributed by atoms with van der Waals surface area (Å²) < 4.78 is 0. The molecule has 2 heterocycles. The van der Waals surface area contributed by atoms with Crippen LogP contribution in [-0.2, 0) is 11.3 Å². The Hall–Kier alpha value is -0.940. The lowest BCUT2D eigenvalue weighted by Crippen LogP contribution is -2.53. The summed E-state index contributed by atoms with van der Waals surface area (Å²) in [6.07, 6.45) is 1.77. The zero-order chi connectivity index (χ0) is 9.97. The highest BCUT2D eigenvalue weighted by Gasteiger charge is 2.24. The van der Waals surface area contributed by atoms with Gasteiger partial charge in [-0.25, -0.2) is 4.98 Å². The van der Waals surface area contributed by atoms with Gasteiger partial charge < -0.3 is 10.2 Å². The first-order valence-electron chi connectivity index (χ1n) is 4.68. The SMILES string of the molecule is CC1NCCN(Cc2nccs2)C1=O. The molecule has 1 atom stereocenters. The molecule has 1 aromatic rings. The number of rotatable bonds is 2. The van der Waals surface area contributed by atoms with Crippen molar-refractivity contribution in [1.29, 1.82) is 0 Å². The van der Waals surface area contributed by atoms with Gasteiger partial charge in [-0.15, -0.1) is 11.3 Å². The number of nitrogens with zero attached hydrogens (tertiary/aromatic N) is 2. The summed E-state index contributed by atoms with van der Waals surface area (Å²) in [5.41, 5.74) is 0. The number of piperazine rings is 1. The summed E-state index contributed by atoms with van der Waals surface area (Å²) in [6, 6.07) is -0.0521. The minimum atomic E-state index is -0.0521. The highest BCUT2D eigenvalue weighted by atomic mass is 32.1. The van der Waals surface area contributed by atoms with Crippen molar-refractivity contribution in [2.24, 2.45) is 0 Å². The maximum Gasteiger partial charge on any atom is 0.239 e. The van der Waals surface area contributed by atoms with Crippen molar-refractivity contribution in [3.8, 4) is 0 Å². The summed E-state index contributed by atoms with van der Waals surface area (Å²) in [6.45, 7) is 4.21. The van der Waals surface area contributed by atoms with Crippen LogP contribution in [0.4, 0.5) is 0 Å². The maximum absolute atomic E-state index is 11.7. The third-order valence-corrected chi connectivity index (χ3v) is 3.09. The Morgan fingerprint density at radius 2 is 2.64 bits per heavy atom. The zero-order valence-corrected chi connectivity index (χ0v) is 8.88. The number of nitrogens with one attached hydrogen (secondary N) is 1. The average molecular weight is 211 g/mol. The molecule has 1 N–H and O–H groups in total. The third-order valence-electron chi connectivity index (χ3n) is 2.32. The van der Waals surface area contributed by atoms with Crippen LogP contribution in [0, 0.1) is 0 Å². The Morgan fingerprint density at radius 3 is 3.36 bits per heavy atom. The number of hydrogen-bond acceptors (Lipinski definition) is 4. The molecule has 0 aliphatic carbocycles. The molecule has 0 aromatic carbocycles. The number of aromatic nitrogens is 1. The minimum absolute atomic E-state index is 0.0521. The van der Waals surface area contributed by atoms with Gasteiger partial charge in [0.05, 0.1) is 12.6 Å². The van der Waals surface area contributed by atoms with Gasteiger partial charge in [-0.05, 0) is 6.92 Å². The van der Waals surface area contributed by atoms with E-state index in [0.717, 1.165) is 18.1 Å². The second kappa shape index (κ2) is 4.06. The molecule has 2 rings (SSSR count). The van der Waals surface area contributed by atoms with Gasteiger partial charge in [0.25, 0.3) is 0 Å². The van der Waals surface area contributed by atoms with Gasteiger partial charge in [-0.1, -0.05) is 0 Å². The van der Waals surface area contributed by atoms with Gasteiger partial charge >= 0.3 is 0 Å². The van der Waals surface area contributed by atoms with Crippen molar-refractivity contribution >= 4 is 17.2 Å². The Bertz CT molecular complexity index is 312. The van der Waals surface area contributed by atoms with E-state index < -0.39 is 0 Å². The number of thiazole rings is 1. The molecule has 1 aliphatic rings. The lowest BCUT2D eigenvalue weighted by atomic mass is 10.2. The van der Waals surface area contributed by atoms with E-state index in [4.69, 9.17) is 0 Å². The van der Waals surface area contributed by atoms with Crippen molar-refractivity contribution in [1.82, 2.24) is 15.2 Å². The summed E-state index contributed by atoms with van der Waals surface area (Å²) in [5, 5.41) is 6.08. The van der Waals surface area contributed by atoms with Crippen LogP contribution in [0.25, 0.3) is 0 Å². The Labute approximate surface area is 86.9 Å². The molecule has 0 bridgehead atoms. The Kier molecular flexibility index (Phi) is 2.79. The van der Waals surface area contributed by atoms with Crippen LogP contribution in [0.2, 0.25) is 0 Å². The van der Waals surface area contributed by atoms with Gasteiger partial charge in [-0.3, -0.25) is 4.79 Å². The van der Waals surface area contributed by atoms with Gasteiger partial charge in [0.2, 0.25) is 5.91 Å². The smallest absolute Gasteiger partial charge is 0.239 e. The Morgan fingerprint density at radius 1 is 1.79 bits per heavy atom. The molecule has 76 valence electrons. The van der Waals surface area contributed by atoms with Crippen LogP contribution in [0.3, 0.4) is 0 Å². The molecule has 0 saturated carbocycles. The van der Waals surface area contributed by atoms with E-state index >= 15 is 0 Å². The molecule has 1 aromatic heterocycles. The first kappa shape index (κ1) is 9.61. The lowest BCUT2D eigenvalue weighted by Gasteiger charge is -2.30. The molecule has 4 nitrogen and oxygen atoms in total. The van der Waals surface area contributed by atoms with Crippen LogP contribution in [0.5, 0.6) is 0 Å². The molecule has 1 aliphatic heterocycles. The fourth-order valence-corrected chi connectivity index (χ4v) is 2.17. The quantitative estimate of drug-likeness (QED) is 0.773. The minimum Gasteiger partial charge on any atom is -0.333 e. The number of amides is 1. The van der Waals surface area contributed by atoms with E-state index in [-0.39, 0.29) is 11.9 Å². The van der Waals surface area contributed by atoms with Crippen molar-refractivity contribution in [3.05, 3.63) is 16.6 Å². The fraction of sp³-hybridized carbons (Fsp3) is 0.556. The third kappa shape index (κ3) is 1.93. The van der Waals surface area contributed by atoms with E-state index in [2.05, 4.69) is 10.3 Å². The second-order valence-electron chi connectivity index (χ2n) is 3.36. The normalized spacial score (nSPS) is 22.8. The standard InChI is InChI=1S/C9H13N3OS/c1-7-9(13)12(4-2-10-7)6-8-11-3-5-14-8/h3,5,7,10H,2,4,6H2,1H3. The number of hydrogen-bond donors (Lipinski definition) is 1. The van der Waals surface area contributed by atoms with E-state index in [9.17, 15) is 4.79 Å². The Balaban J connectivity index is 2.00. The summed E-state index contributed by atoms with van der Waals surface area (Å²) >= 11 is 1.59. The van der Waals surface area contributed by atoms with Gasteiger partial charge in [0, 0.05) is 24.7 Å². The molecule has 1 saturated heterocycles. The lowest BCUT2D eigenvalue weighted by molar-refractivity contribution is -0.135. The molecule has 1 fully saturated rings. The second-order valence-corrected chi connectivity index (χ2v) is 4.34. The summed E-state index contributed by atoms with van der Waals surface area (Å²) in [4.78, 5) is 17.7. The van der Waals surface area contributed by atoms with E-state index in [0.29, 0.717) is 6.54 Å². The van der Waals surface area contributed by atoms with Gasteiger partial charge in [-0.2, -0.15) is 0 Å². The van der Waals surface area contributed by atoms with Crippen LogP contribution in [-0.4, -0.2) is 34.9 Å². The highest BCUT2D eigenvalue weighted by Crippen LogP contribution is 2.10. The largest absolute Gasteiger partial charge is 0.333 e. The van der Waals surface area contributed by atoms with Crippen molar-refractivity contribution in [2.75, 3.05) is 13.1 Å². The molecular formula is C9H13N3OS. The highest BCUT2D eigenvalue weighted by molar-refractivity contribution is 7.09. The topological polar surface area (TPSA) is 45.2 Å². The first-order valence-corrected chi connectivity index (χ1v) is 5.56. The van der Waals surface area contributed by atoms with Crippen molar-refractivity contribution in [2.45, 2.75) is 19.5 Å². The molecule has 0 spiro atoms.